The molecule has 0 aromatic heterocycles. The molecule has 1 rings (SSSR count). The van der Waals surface area contributed by atoms with Crippen molar-refractivity contribution in [1.82, 2.24) is 0 Å². The zero-order valence-electron chi connectivity index (χ0n) is 6.76. The lowest BCUT2D eigenvalue weighted by Crippen LogP contribution is -1.87. The SMILES string of the molecule is [C-]#[N+]CCSc1ccc(F)cc1F. The van der Waals surface area contributed by atoms with Gasteiger partial charge >= 0.3 is 0 Å². The predicted molar refractivity (Wildman–Crippen MR) is 48.6 cm³/mol. The van der Waals surface area contributed by atoms with E-state index >= 15 is 0 Å². The van der Waals surface area contributed by atoms with E-state index in [2.05, 4.69) is 4.85 Å². The van der Waals surface area contributed by atoms with E-state index in [4.69, 9.17) is 6.57 Å². The van der Waals surface area contributed by atoms with Crippen molar-refractivity contribution in [2.75, 3.05) is 12.3 Å². The van der Waals surface area contributed by atoms with Gasteiger partial charge in [-0.25, -0.2) is 15.4 Å². The molecule has 0 heterocycles. The van der Waals surface area contributed by atoms with E-state index in [1.54, 1.807) is 0 Å². The predicted octanol–water partition coefficient (Wildman–Crippen LogP) is 2.98. The van der Waals surface area contributed by atoms with Crippen molar-refractivity contribution in [3.8, 4) is 0 Å². The zero-order valence-corrected chi connectivity index (χ0v) is 7.57. The highest BCUT2D eigenvalue weighted by molar-refractivity contribution is 7.99. The molecule has 0 saturated heterocycles. The molecule has 0 saturated carbocycles. The zero-order chi connectivity index (χ0) is 9.68. The van der Waals surface area contributed by atoms with E-state index < -0.39 is 11.6 Å². The van der Waals surface area contributed by atoms with Crippen LogP contribution in [0.1, 0.15) is 0 Å². The van der Waals surface area contributed by atoms with Crippen LogP contribution in [-0.2, 0) is 0 Å². The Hall–Kier alpha value is -1.08. The number of halogens is 2. The minimum atomic E-state index is -0.577. The Morgan fingerprint density at radius 2 is 2.15 bits per heavy atom. The molecule has 0 atom stereocenters. The van der Waals surface area contributed by atoms with Crippen LogP contribution in [0.4, 0.5) is 8.78 Å². The molecule has 68 valence electrons. The van der Waals surface area contributed by atoms with Gasteiger partial charge in [-0.15, -0.1) is 11.8 Å². The van der Waals surface area contributed by atoms with E-state index in [1.807, 2.05) is 0 Å². The highest BCUT2D eigenvalue weighted by Crippen LogP contribution is 2.21. The number of hydrogen-bond donors (Lipinski definition) is 0. The van der Waals surface area contributed by atoms with Gasteiger partial charge in [-0.05, 0) is 12.1 Å². The van der Waals surface area contributed by atoms with Crippen molar-refractivity contribution in [3.05, 3.63) is 41.3 Å². The van der Waals surface area contributed by atoms with Gasteiger partial charge in [0.05, 0.1) is 5.75 Å². The quantitative estimate of drug-likeness (QED) is 0.411. The van der Waals surface area contributed by atoms with Crippen LogP contribution < -0.4 is 0 Å². The molecule has 0 spiro atoms. The third-order valence-electron chi connectivity index (χ3n) is 1.35. The van der Waals surface area contributed by atoms with Gasteiger partial charge in [-0.3, -0.25) is 0 Å². The van der Waals surface area contributed by atoms with Crippen LogP contribution in [-0.4, -0.2) is 12.3 Å². The Balaban J connectivity index is 2.62. The second-order valence-corrected chi connectivity index (χ2v) is 3.44. The van der Waals surface area contributed by atoms with Crippen molar-refractivity contribution in [3.63, 3.8) is 0 Å². The van der Waals surface area contributed by atoms with Crippen LogP contribution in [0.15, 0.2) is 23.1 Å². The average molecular weight is 199 g/mol. The number of thioether (sulfide) groups is 1. The van der Waals surface area contributed by atoms with Crippen molar-refractivity contribution >= 4 is 11.8 Å². The van der Waals surface area contributed by atoms with Gasteiger partial charge < -0.3 is 4.85 Å². The van der Waals surface area contributed by atoms with Gasteiger partial charge in [0.1, 0.15) is 11.6 Å². The van der Waals surface area contributed by atoms with Crippen molar-refractivity contribution < 1.29 is 8.78 Å². The molecule has 0 unspecified atom stereocenters. The molecule has 0 aliphatic carbocycles. The first kappa shape index (κ1) is 10.0. The van der Waals surface area contributed by atoms with E-state index in [9.17, 15) is 8.78 Å². The number of nitrogens with zero attached hydrogens (tertiary/aromatic N) is 1. The van der Waals surface area contributed by atoms with Crippen LogP contribution in [0.25, 0.3) is 4.85 Å². The minimum absolute atomic E-state index is 0.349. The largest absolute Gasteiger partial charge is 0.316 e. The molecule has 0 aliphatic rings. The Kier molecular flexibility index (Phi) is 3.71. The van der Waals surface area contributed by atoms with E-state index in [0.717, 1.165) is 6.07 Å². The lowest BCUT2D eigenvalue weighted by molar-refractivity contribution is 0.566. The summed E-state index contributed by atoms with van der Waals surface area (Å²) in [5.41, 5.74) is 0. The third-order valence-corrected chi connectivity index (χ3v) is 2.38. The smallest absolute Gasteiger partial charge is 0.223 e. The highest BCUT2D eigenvalue weighted by atomic mass is 32.2. The Labute approximate surface area is 79.6 Å². The fraction of sp³-hybridized carbons (Fsp3) is 0.222. The molecular formula is C9H7F2NS. The molecule has 0 amide bonds. The molecule has 13 heavy (non-hydrogen) atoms. The Bertz CT molecular complexity index is 333. The Morgan fingerprint density at radius 3 is 2.77 bits per heavy atom. The summed E-state index contributed by atoms with van der Waals surface area (Å²) in [5.74, 6) is -0.603. The summed E-state index contributed by atoms with van der Waals surface area (Å²) in [5, 5.41) is 0. The fourth-order valence-electron chi connectivity index (χ4n) is 0.794. The average Bonchev–Trinajstić information content (AvgIpc) is 2.09. The van der Waals surface area contributed by atoms with Crippen molar-refractivity contribution in [2.24, 2.45) is 0 Å². The maximum Gasteiger partial charge on any atom is 0.223 e. The lowest BCUT2D eigenvalue weighted by Gasteiger charge is -1.99. The summed E-state index contributed by atoms with van der Waals surface area (Å²) in [7, 11) is 0. The van der Waals surface area contributed by atoms with Gasteiger partial charge in [0, 0.05) is 11.0 Å². The standard InChI is InChI=1S/C9H7F2NS/c1-12-4-5-13-9-3-2-7(10)6-8(9)11/h2-3,6H,4-5H2. The van der Waals surface area contributed by atoms with Gasteiger partial charge in [0.15, 0.2) is 0 Å². The van der Waals surface area contributed by atoms with Crippen molar-refractivity contribution in [2.45, 2.75) is 4.90 Å². The molecule has 0 fully saturated rings. The molecular weight excluding hydrogens is 192 g/mol. The first-order valence-corrected chi connectivity index (χ1v) is 4.63. The fourth-order valence-corrected chi connectivity index (χ4v) is 1.56. The number of hydrogen-bond acceptors (Lipinski definition) is 1. The van der Waals surface area contributed by atoms with Crippen molar-refractivity contribution in [1.29, 1.82) is 0 Å². The summed E-state index contributed by atoms with van der Waals surface area (Å²) in [6.07, 6.45) is 0. The topological polar surface area (TPSA) is 4.36 Å². The molecule has 1 aromatic rings. The molecule has 1 nitrogen and oxygen atoms in total. The van der Waals surface area contributed by atoms with Gasteiger partial charge in [0.25, 0.3) is 0 Å². The molecule has 4 heteroatoms. The van der Waals surface area contributed by atoms with Crippen LogP contribution >= 0.6 is 11.8 Å². The molecule has 1 aromatic carbocycles. The number of benzene rings is 1. The molecule has 0 radical (unpaired) electrons. The summed E-state index contributed by atoms with van der Waals surface area (Å²) in [6.45, 7) is 6.86. The molecule has 0 bridgehead atoms. The Morgan fingerprint density at radius 1 is 1.38 bits per heavy atom. The molecule has 0 aliphatic heterocycles. The highest BCUT2D eigenvalue weighted by Gasteiger charge is 2.03. The van der Waals surface area contributed by atoms with Crippen LogP contribution in [0.2, 0.25) is 0 Å². The van der Waals surface area contributed by atoms with Gasteiger partial charge in [0.2, 0.25) is 6.54 Å². The molecule has 0 N–H and O–H groups in total. The van der Waals surface area contributed by atoms with E-state index in [1.165, 1.54) is 23.9 Å². The summed E-state index contributed by atoms with van der Waals surface area (Å²) in [6, 6.07) is 3.45. The normalized spacial score (nSPS) is 9.62. The monoisotopic (exact) mass is 199 g/mol. The first-order chi connectivity index (χ1) is 6.24. The summed E-state index contributed by atoms with van der Waals surface area (Å²) < 4.78 is 25.4. The first-order valence-electron chi connectivity index (χ1n) is 3.65. The second kappa shape index (κ2) is 4.83. The van der Waals surface area contributed by atoms with Gasteiger partial charge in [-0.1, -0.05) is 0 Å². The van der Waals surface area contributed by atoms with E-state index in [0.29, 0.717) is 17.2 Å². The second-order valence-electron chi connectivity index (χ2n) is 2.30. The maximum atomic E-state index is 12.9. The van der Waals surface area contributed by atoms with Gasteiger partial charge in [-0.2, -0.15) is 0 Å². The maximum absolute atomic E-state index is 12.9. The van der Waals surface area contributed by atoms with E-state index in [-0.39, 0.29) is 0 Å². The minimum Gasteiger partial charge on any atom is -0.316 e. The van der Waals surface area contributed by atoms with Crippen LogP contribution in [0, 0.1) is 18.2 Å². The summed E-state index contributed by atoms with van der Waals surface area (Å²) in [4.78, 5) is 3.52. The van der Waals surface area contributed by atoms with Crippen LogP contribution in [0.3, 0.4) is 0 Å². The third kappa shape index (κ3) is 3.03. The van der Waals surface area contributed by atoms with Crippen LogP contribution in [0.5, 0.6) is 0 Å². The lowest BCUT2D eigenvalue weighted by atomic mass is 10.3. The summed E-state index contributed by atoms with van der Waals surface area (Å²) >= 11 is 1.22. The number of rotatable bonds is 3.